The van der Waals surface area contributed by atoms with Crippen LogP contribution in [0, 0.1) is 5.82 Å². The third-order valence-electron chi connectivity index (χ3n) is 2.64. The van der Waals surface area contributed by atoms with E-state index in [9.17, 15) is 9.18 Å². The van der Waals surface area contributed by atoms with Crippen molar-refractivity contribution in [2.75, 3.05) is 5.73 Å². The van der Waals surface area contributed by atoms with Crippen LogP contribution in [0.3, 0.4) is 0 Å². The second kappa shape index (κ2) is 5.84. The van der Waals surface area contributed by atoms with Crippen LogP contribution in [0.15, 0.2) is 30.3 Å². The molecular weight excluding hydrogens is 265 g/mol. The Bertz CT molecular complexity index is 595. The summed E-state index contributed by atoms with van der Waals surface area (Å²) < 4.78 is 18.0. The number of thiophene rings is 1. The predicted molar refractivity (Wildman–Crippen MR) is 73.6 cm³/mol. The second-order valence-electron chi connectivity index (χ2n) is 4.03. The summed E-state index contributed by atoms with van der Waals surface area (Å²) >= 11 is 1.61. The van der Waals surface area contributed by atoms with Crippen LogP contribution in [0.2, 0.25) is 0 Å². The average Bonchev–Trinajstić information content (AvgIpc) is 2.84. The third kappa shape index (κ3) is 3.32. The number of esters is 1. The van der Waals surface area contributed by atoms with Crippen molar-refractivity contribution in [3.8, 4) is 0 Å². The molecule has 0 amide bonds. The van der Waals surface area contributed by atoms with Gasteiger partial charge in [0.1, 0.15) is 12.4 Å². The molecule has 19 heavy (non-hydrogen) atoms. The first kappa shape index (κ1) is 13.5. The van der Waals surface area contributed by atoms with Gasteiger partial charge in [-0.15, -0.1) is 11.3 Å². The summed E-state index contributed by atoms with van der Waals surface area (Å²) in [5.41, 5.74) is 5.86. The van der Waals surface area contributed by atoms with Gasteiger partial charge in [0.25, 0.3) is 0 Å². The lowest BCUT2D eigenvalue weighted by Crippen LogP contribution is -2.08. The number of benzene rings is 1. The van der Waals surface area contributed by atoms with Crippen LogP contribution in [-0.2, 0) is 17.8 Å². The molecule has 0 radical (unpaired) electrons. The maximum Gasteiger partial charge on any atom is 0.340 e. The van der Waals surface area contributed by atoms with E-state index in [0.29, 0.717) is 0 Å². The van der Waals surface area contributed by atoms with Gasteiger partial charge in [-0.2, -0.15) is 0 Å². The van der Waals surface area contributed by atoms with Crippen molar-refractivity contribution in [3.63, 3.8) is 0 Å². The molecule has 2 aromatic rings. The number of carbonyl (C=O) groups excluding carboxylic acids is 1. The number of halogens is 1. The zero-order valence-electron chi connectivity index (χ0n) is 10.5. The Morgan fingerprint density at radius 2 is 2.05 bits per heavy atom. The van der Waals surface area contributed by atoms with Crippen LogP contribution in [-0.4, -0.2) is 5.97 Å². The van der Waals surface area contributed by atoms with E-state index in [0.717, 1.165) is 17.4 Å². The number of nitrogen functional groups attached to an aromatic ring is 1. The minimum absolute atomic E-state index is 0.0884. The Morgan fingerprint density at radius 1 is 1.32 bits per heavy atom. The van der Waals surface area contributed by atoms with Crippen molar-refractivity contribution in [1.82, 2.24) is 0 Å². The molecule has 2 rings (SSSR count). The highest BCUT2D eigenvalue weighted by atomic mass is 32.1. The lowest BCUT2D eigenvalue weighted by Gasteiger charge is -2.05. The Balaban J connectivity index is 2.01. The van der Waals surface area contributed by atoms with E-state index in [4.69, 9.17) is 10.5 Å². The molecule has 0 bridgehead atoms. The molecule has 0 aliphatic carbocycles. The van der Waals surface area contributed by atoms with Gasteiger partial charge in [-0.05, 0) is 36.8 Å². The summed E-state index contributed by atoms with van der Waals surface area (Å²) in [4.78, 5) is 14.0. The van der Waals surface area contributed by atoms with Gasteiger partial charge < -0.3 is 10.5 Å². The number of rotatable bonds is 4. The lowest BCUT2D eigenvalue weighted by atomic mass is 10.2. The molecule has 1 heterocycles. The van der Waals surface area contributed by atoms with Crippen molar-refractivity contribution in [3.05, 3.63) is 51.5 Å². The second-order valence-corrected chi connectivity index (χ2v) is 5.28. The SMILES string of the molecule is CCc1ccc(COC(=O)c2ccc(F)cc2N)s1. The standard InChI is InChI=1S/C14H14FNO2S/c1-2-10-4-5-11(19-10)8-18-14(17)12-6-3-9(15)7-13(12)16/h3-7H,2,8,16H2,1H3. The number of ether oxygens (including phenoxy) is 1. The van der Waals surface area contributed by atoms with Gasteiger partial charge >= 0.3 is 5.97 Å². The van der Waals surface area contributed by atoms with Crippen LogP contribution < -0.4 is 5.73 Å². The Hall–Kier alpha value is -1.88. The molecule has 2 N–H and O–H groups in total. The maximum absolute atomic E-state index is 12.9. The molecule has 1 aromatic heterocycles. The van der Waals surface area contributed by atoms with Gasteiger partial charge in [-0.3, -0.25) is 0 Å². The smallest absolute Gasteiger partial charge is 0.340 e. The zero-order chi connectivity index (χ0) is 13.8. The van der Waals surface area contributed by atoms with Crippen LogP contribution in [0.1, 0.15) is 27.0 Å². The number of hydrogen-bond donors (Lipinski definition) is 1. The average molecular weight is 279 g/mol. The van der Waals surface area contributed by atoms with Crippen molar-refractivity contribution in [2.24, 2.45) is 0 Å². The maximum atomic E-state index is 12.9. The summed E-state index contributed by atoms with van der Waals surface area (Å²) in [5, 5.41) is 0. The topological polar surface area (TPSA) is 52.3 Å². The Morgan fingerprint density at radius 3 is 2.68 bits per heavy atom. The number of carbonyl (C=O) groups is 1. The highest BCUT2D eigenvalue weighted by Crippen LogP contribution is 2.19. The van der Waals surface area contributed by atoms with Crippen LogP contribution in [0.4, 0.5) is 10.1 Å². The van der Waals surface area contributed by atoms with E-state index in [1.54, 1.807) is 11.3 Å². The van der Waals surface area contributed by atoms with Gasteiger partial charge in [0.05, 0.1) is 5.56 Å². The van der Waals surface area contributed by atoms with E-state index in [-0.39, 0.29) is 17.9 Å². The summed E-state index contributed by atoms with van der Waals surface area (Å²) in [6.45, 7) is 2.28. The molecule has 0 aliphatic rings. The quantitative estimate of drug-likeness (QED) is 0.689. The Labute approximate surface area is 114 Å². The van der Waals surface area contributed by atoms with E-state index in [1.807, 2.05) is 12.1 Å². The highest BCUT2D eigenvalue weighted by molar-refractivity contribution is 7.11. The van der Waals surface area contributed by atoms with Crippen LogP contribution in [0.5, 0.6) is 0 Å². The fourth-order valence-corrected chi connectivity index (χ4v) is 2.49. The number of hydrogen-bond acceptors (Lipinski definition) is 4. The first-order valence-corrected chi connectivity index (χ1v) is 6.71. The highest BCUT2D eigenvalue weighted by Gasteiger charge is 2.12. The van der Waals surface area contributed by atoms with E-state index in [1.165, 1.54) is 17.0 Å². The van der Waals surface area contributed by atoms with E-state index in [2.05, 4.69) is 6.92 Å². The van der Waals surface area contributed by atoms with Gasteiger partial charge in [0.2, 0.25) is 0 Å². The molecule has 0 spiro atoms. The predicted octanol–water partition coefficient (Wildman–Crippen LogP) is 3.39. The van der Waals surface area contributed by atoms with E-state index >= 15 is 0 Å². The monoisotopic (exact) mass is 279 g/mol. The molecule has 0 saturated heterocycles. The molecule has 0 fully saturated rings. The van der Waals surface area contributed by atoms with Crippen LogP contribution >= 0.6 is 11.3 Å². The molecule has 5 heteroatoms. The van der Waals surface area contributed by atoms with Crippen molar-refractivity contribution in [2.45, 2.75) is 20.0 Å². The third-order valence-corrected chi connectivity index (χ3v) is 3.85. The summed E-state index contributed by atoms with van der Waals surface area (Å²) in [6, 6.07) is 7.58. The molecule has 0 unspecified atom stereocenters. The molecule has 100 valence electrons. The summed E-state index contributed by atoms with van der Waals surface area (Å²) in [7, 11) is 0. The van der Waals surface area contributed by atoms with E-state index < -0.39 is 11.8 Å². The molecular formula is C14H14FNO2S. The lowest BCUT2D eigenvalue weighted by molar-refractivity contribution is 0.0478. The number of aryl methyl sites for hydroxylation is 1. The molecule has 0 aliphatic heterocycles. The van der Waals surface area contributed by atoms with Gasteiger partial charge in [-0.25, -0.2) is 9.18 Å². The minimum atomic E-state index is -0.538. The minimum Gasteiger partial charge on any atom is -0.456 e. The van der Waals surface area contributed by atoms with Crippen LogP contribution in [0.25, 0.3) is 0 Å². The van der Waals surface area contributed by atoms with Gasteiger partial charge in [-0.1, -0.05) is 6.92 Å². The number of anilines is 1. The summed E-state index contributed by atoms with van der Waals surface area (Å²) in [6.07, 6.45) is 0.962. The molecule has 0 saturated carbocycles. The zero-order valence-corrected chi connectivity index (χ0v) is 11.3. The van der Waals surface area contributed by atoms with Gasteiger partial charge in [0.15, 0.2) is 0 Å². The Kier molecular flexibility index (Phi) is 4.16. The van der Waals surface area contributed by atoms with Crippen molar-refractivity contribution in [1.29, 1.82) is 0 Å². The largest absolute Gasteiger partial charge is 0.456 e. The summed E-state index contributed by atoms with van der Waals surface area (Å²) in [5.74, 6) is -1.01. The molecule has 1 aromatic carbocycles. The molecule has 0 atom stereocenters. The fraction of sp³-hybridized carbons (Fsp3) is 0.214. The molecule has 3 nitrogen and oxygen atoms in total. The van der Waals surface area contributed by atoms with Gasteiger partial charge in [0, 0.05) is 15.4 Å². The number of nitrogens with two attached hydrogens (primary N) is 1. The normalized spacial score (nSPS) is 10.4. The first-order valence-electron chi connectivity index (χ1n) is 5.90. The van der Waals surface area contributed by atoms with Crippen molar-refractivity contribution >= 4 is 23.0 Å². The first-order chi connectivity index (χ1) is 9.10. The van der Waals surface area contributed by atoms with Crippen molar-refractivity contribution < 1.29 is 13.9 Å². The fourth-order valence-electron chi connectivity index (χ4n) is 1.62.